The summed E-state index contributed by atoms with van der Waals surface area (Å²) in [7, 11) is 1.39. The van der Waals surface area contributed by atoms with E-state index in [4.69, 9.17) is 4.74 Å². The lowest BCUT2D eigenvalue weighted by molar-refractivity contribution is -0.145. The molecular formula is C13H16FNO2S. The standard InChI is InChI=1S/C13H16FNO2S/c1-17-12(16)13(6-3-7-18-9-13)15-11-5-2-4-10(14)8-11/h2,4-5,8,15H,3,6-7,9H2,1H3. The Morgan fingerprint density at radius 3 is 3.00 bits per heavy atom. The Morgan fingerprint density at radius 2 is 2.39 bits per heavy atom. The first kappa shape index (κ1) is 13.2. The highest BCUT2D eigenvalue weighted by atomic mass is 32.2. The van der Waals surface area contributed by atoms with Crippen molar-refractivity contribution in [2.24, 2.45) is 0 Å². The van der Waals surface area contributed by atoms with Crippen molar-refractivity contribution in [3.05, 3.63) is 30.1 Å². The number of hydrogen-bond donors (Lipinski definition) is 1. The van der Waals surface area contributed by atoms with Gasteiger partial charge >= 0.3 is 5.97 Å². The maximum atomic E-state index is 13.2. The van der Waals surface area contributed by atoms with Crippen molar-refractivity contribution in [3.8, 4) is 0 Å². The van der Waals surface area contributed by atoms with Gasteiger partial charge in [0.2, 0.25) is 0 Å². The van der Waals surface area contributed by atoms with Crippen molar-refractivity contribution in [2.75, 3.05) is 23.9 Å². The van der Waals surface area contributed by atoms with Gasteiger partial charge in [-0.15, -0.1) is 0 Å². The Bertz CT molecular complexity index is 433. The van der Waals surface area contributed by atoms with E-state index in [-0.39, 0.29) is 11.8 Å². The molecule has 0 bridgehead atoms. The molecule has 0 aliphatic carbocycles. The first-order chi connectivity index (χ1) is 8.66. The van der Waals surface area contributed by atoms with Crippen LogP contribution in [0.1, 0.15) is 12.8 Å². The number of benzene rings is 1. The second-order valence-corrected chi connectivity index (χ2v) is 5.47. The maximum Gasteiger partial charge on any atom is 0.332 e. The predicted octanol–water partition coefficient (Wildman–Crippen LogP) is 2.68. The molecule has 1 aromatic carbocycles. The fraction of sp³-hybridized carbons (Fsp3) is 0.462. The number of esters is 1. The Labute approximate surface area is 110 Å². The minimum atomic E-state index is -0.731. The largest absolute Gasteiger partial charge is 0.467 e. The van der Waals surface area contributed by atoms with Gasteiger partial charge in [0.15, 0.2) is 0 Å². The number of carbonyl (C=O) groups is 1. The van der Waals surface area contributed by atoms with Gasteiger partial charge in [-0.25, -0.2) is 9.18 Å². The number of anilines is 1. The van der Waals surface area contributed by atoms with Gasteiger partial charge in [-0.1, -0.05) is 6.07 Å². The number of thioether (sulfide) groups is 1. The van der Waals surface area contributed by atoms with E-state index in [1.165, 1.54) is 19.2 Å². The molecule has 18 heavy (non-hydrogen) atoms. The molecule has 1 N–H and O–H groups in total. The Hall–Kier alpha value is -1.23. The quantitative estimate of drug-likeness (QED) is 0.856. The summed E-state index contributed by atoms with van der Waals surface area (Å²) in [6.07, 6.45) is 1.66. The lowest BCUT2D eigenvalue weighted by Crippen LogP contribution is -2.51. The molecule has 1 atom stereocenters. The van der Waals surface area contributed by atoms with Crippen LogP contribution in [-0.2, 0) is 9.53 Å². The first-order valence-corrected chi connectivity index (χ1v) is 7.02. The minimum Gasteiger partial charge on any atom is -0.467 e. The summed E-state index contributed by atoms with van der Waals surface area (Å²) in [6.45, 7) is 0. The topological polar surface area (TPSA) is 38.3 Å². The number of ether oxygens (including phenoxy) is 1. The average Bonchev–Trinajstić information content (AvgIpc) is 2.39. The number of nitrogens with one attached hydrogen (secondary N) is 1. The van der Waals surface area contributed by atoms with Crippen LogP contribution >= 0.6 is 11.8 Å². The van der Waals surface area contributed by atoms with Crippen LogP contribution in [0.5, 0.6) is 0 Å². The van der Waals surface area contributed by atoms with Crippen molar-refractivity contribution < 1.29 is 13.9 Å². The monoisotopic (exact) mass is 269 g/mol. The second kappa shape index (κ2) is 5.61. The van der Waals surface area contributed by atoms with Crippen LogP contribution in [0.3, 0.4) is 0 Å². The molecule has 0 aromatic heterocycles. The summed E-state index contributed by atoms with van der Waals surface area (Å²) in [5.41, 5.74) is -0.117. The zero-order chi connectivity index (χ0) is 13.0. The number of hydrogen-bond acceptors (Lipinski definition) is 4. The van der Waals surface area contributed by atoms with Crippen LogP contribution in [0.4, 0.5) is 10.1 Å². The lowest BCUT2D eigenvalue weighted by atomic mass is 9.95. The van der Waals surface area contributed by atoms with Crippen molar-refractivity contribution in [1.29, 1.82) is 0 Å². The van der Waals surface area contributed by atoms with Crippen molar-refractivity contribution in [2.45, 2.75) is 18.4 Å². The molecule has 1 heterocycles. The van der Waals surface area contributed by atoms with Crippen LogP contribution in [-0.4, -0.2) is 30.1 Å². The molecule has 1 aliphatic heterocycles. The molecule has 1 aromatic rings. The van der Waals surface area contributed by atoms with Crippen LogP contribution in [0, 0.1) is 5.82 Å². The van der Waals surface area contributed by atoms with Crippen molar-refractivity contribution in [1.82, 2.24) is 0 Å². The summed E-state index contributed by atoms with van der Waals surface area (Å²) in [5, 5.41) is 3.15. The molecule has 1 unspecified atom stereocenters. The fourth-order valence-electron chi connectivity index (χ4n) is 2.14. The molecule has 0 saturated carbocycles. The van der Waals surface area contributed by atoms with E-state index in [0.717, 1.165) is 12.2 Å². The molecule has 3 nitrogen and oxygen atoms in total. The third-order valence-electron chi connectivity index (χ3n) is 3.03. The molecule has 2 rings (SSSR count). The van der Waals surface area contributed by atoms with Gasteiger partial charge in [0.25, 0.3) is 0 Å². The van der Waals surface area contributed by atoms with Gasteiger partial charge in [0.1, 0.15) is 11.4 Å². The van der Waals surface area contributed by atoms with Crippen molar-refractivity contribution >= 4 is 23.4 Å². The highest BCUT2D eigenvalue weighted by Gasteiger charge is 2.41. The highest BCUT2D eigenvalue weighted by molar-refractivity contribution is 7.99. The summed E-state index contributed by atoms with van der Waals surface area (Å²) in [4.78, 5) is 12.0. The van der Waals surface area contributed by atoms with Gasteiger partial charge < -0.3 is 10.1 Å². The van der Waals surface area contributed by atoms with Gasteiger partial charge in [-0.2, -0.15) is 11.8 Å². The third kappa shape index (κ3) is 2.77. The fourth-order valence-corrected chi connectivity index (χ4v) is 3.32. The van der Waals surface area contributed by atoms with Crippen molar-refractivity contribution in [3.63, 3.8) is 0 Å². The molecule has 0 amide bonds. The average molecular weight is 269 g/mol. The molecule has 5 heteroatoms. The first-order valence-electron chi connectivity index (χ1n) is 5.86. The van der Waals surface area contributed by atoms with Gasteiger partial charge in [-0.05, 0) is 36.8 Å². The Morgan fingerprint density at radius 1 is 1.56 bits per heavy atom. The Balaban J connectivity index is 2.22. The van der Waals surface area contributed by atoms with E-state index in [0.29, 0.717) is 17.9 Å². The molecule has 0 radical (unpaired) electrons. The molecule has 1 aliphatic rings. The molecule has 1 fully saturated rings. The van der Waals surface area contributed by atoms with E-state index in [2.05, 4.69) is 5.32 Å². The van der Waals surface area contributed by atoms with Gasteiger partial charge in [0.05, 0.1) is 7.11 Å². The summed E-state index contributed by atoms with van der Waals surface area (Å²) in [6, 6.07) is 6.15. The molecule has 1 saturated heterocycles. The van der Waals surface area contributed by atoms with E-state index < -0.39 is 5.54 Å². The lowest BCUT2D eigenvalue weighted by Gasteiger charge is -2.35. The zero-order valence-electron chi connectivity index (χ0n) is 10.2. The van der Waals surface area contributed by atoms with Crippen LogP contribution in [0.15, 0.2) is 24.3 Å². The predicted molar refractivity (Wildman–Crippen MR) is 71.3 cm³/mol. The second-order valence-electron chi connectivity index (χ2n) is 4.37. The summed E-state index contributed by atoms with van der Waals surface area (Å²) >= 11 is 1.71. The smallest absolute Gasteiger partial charge is 0.332 e. The van der Waals surface area contributed by atoms with E-state index in [1.54, 1.807) is 23.9 Å². The van der Waals surface area contributed by atoms with Crippen LogP contribution in [0.25, 0.3) is 0 Å². The number of methoxy groups -OCH3 is 1. The normalized spacial score (nSPS) is 23.4. The molecule has 98 valence electrons. The Kier molecular flexibility index (Phi) is 4.11. The summed E-state index contributed by atoms with van der Waals surface area (Å²) < 4.78 is 18.1. The van der Waals surface area contributed by atoms with Gasteiger partial charge in [-0.3, -0.25) is 0 Å². The highest BCUT2D eigenvalue weighted by Crippen LogP contribution is 2.31. The van der Waals surface area contributed by atoms with Crippen LogP contribution in [0.2, 0.25) is 0 Å². The van der Waals surface area contributed by atoms with E-state index >= 15 is 0 Å². The van der Waals surface area contributed by atoms with E-state index in [1.807, 2.05) is 0 Å². The zero-order valence-corrected chi connectivity index (χ0v) is 11.1. The number of rotatable bonds is 3. The van der Waals surface area contributed by atoms with Crippen LogP contribution < -0.4 is 5.32 Å². The maximum absolute atomic E-state index is 13.2. The molecular weight excluding hydrogens is 253 g/mol. The number of carbonyl (C=O) groups excluding carboxylic acids is 1. The third-order valence-corrected chi connectivity index (χ3v) is 4.30. The SMILES string of the molecule is COC(=O)C1(Nc2cccc(F)c2)CCCSC1. The minimum absolute atomic E-state index is 0.279. The van der Waals surface area contributed by atoms with Gasteiger partial charge in [0, 0.05) is 11.4 Å². The summed E-state index contributed by atoms with van der Waals surface area (Å²) in [5.74, 6) is 1.10. The molecule has 0 spiro atoms. The number of halogens is 1. The van der Waals surface area contributed by atoms with E-state index in [9.17, 15) is 9.18 Å².